The molecule has 3 N–H and O–H groups in total. The van der Waals surface area contributed by atoms with Crippen molar-refractivity contribution in [2.75, 3.05) is 0 Å². The minimum absolute atomic E-state index is 0. The third-order valence-corrected chi connectivity index (χ3v) is 0.390. The van der Waals surface area contributed by atoms with Gasteiger partial charge in [0.25, 0.3) is 0 Å². The molecule has 7 heavy (non-hydrogen) atoms. The van der Waals surface area contributed by atoms with Crippen molar-refractivity contribution in [3.8, 4) is 0 Å². The van der Waals surface area contributed by atoms with Gasteiger partial charge in [0.05, 0.1) is 0 Å². The molecule has 0 spiro atoms. The van der Waals surface area contributed by atoms with E-state index in [2.05, 4.69) is 0 Å². The van der Waals surface area contributed by atoms with Crippen LogP contribution in [-0.4, -0.2) is 17.1 Å². The van der Waals surface area contributed by atoms with Crippen molar-refractivity contribution in [3.63, 3.8) is 0 Å². The van der Waals surface area contributed by atoms with E-state index in [0.717, 1.165) is 0 Å². The Hall–Kier alpha value is -0.280. The van der Waals surface area contributed by atoms with Gasteiger partial charge in [-0.15, -0.1) is 0 Å². The molecular formula is C3H7ClNO2-. The molecule has 0 saturated heterocycles. The first kappa shape index (κ1) is 9.87. The molecule has 0 aromatic rings. The van der Waals surface area contributed by atoms with Crippen LogP contribution in [-0.2, 0) is 4.79 Å². The van der Waals surface area contributed by atoms with Gasteiger partial charge in [0.2, 0.25) is 0 Å². The normalized spacial score (nSPS) is 11.7. The van der Waals surface area contributed by atoms with Crippen LogP contribution in [0, 0.1) is 0 Å². The van der Waals surface area contributed by atoms with E-state index in [9.17, 15) is 4.79 Å². The lowest BCUT2D eigenvalue weighted by Gasteiger charge is -1.90. The highest BCUT2D eigenvalue weighted by Crippen LogP contribution is 1.68. The monoisotopic (exact) mass is 125 g/mol. The highest BCUT2D eigenvalue weighted by molar-refractivity contribution is 5.72. The minimum Gasteiger partial charge on any atom is -1.00 e. The Morgan fingerprint density at radius 1 is 1.86 bits per heavy atom. The standard InChI is InChI=1S/C3H7NO2.ClH/c1-2(4)3(5)6;/h2H,4H2,1H3,(H,5,6);1H/p-1/i3+1;. The quantitative estimate of drug-likeness (QED) is 0.357. The summed E-state index contributed by atoms with van der Waals surface area (Å²) in [6.45, 7) is 1.42. The third kappa shape index (κ3) is 5.72. The lowest BCUT2D eigenvalue weighted by atomic mass is 10.6. The van der Waals surface area contributed by atoms with Gasteiger partial charge in [-0.05, 0) is 6.92 Å². The summed E-state index contributed by atoms with van der Waals surface area (Å²) >= 11 is 0. The van der Waals surface area contributed by atoms with Crippen LogP contribution in [0.5, 0.6) is 0 Å². The molecule has 0 amide bonds. The molecule has 0 aliphatic rings. The predicted molar refractivity (Wildman–Crippen MR) is 21.3 cm³/mol. The van der Waals surface area contributed by atoms with Gasteiger partial charge >= 0.3 is 5.97 Å². The number of hydrogen-bond acceptors (Lipinski definition) is 2. The molecule has 0 saturated carbocycles. The van der Waals surface area contributed by atoms with Crippen LogP contribution in [0.25, 0.3) is 0 Å². The summed E-state index contributed by atoms with van der Waals surface area (Å²) in [5.41, 5.74) is 4.84. The highest BCUT2D eigenvalue weighted by Gasteiger charge is 1.99. The van der Waals surface area contributed by atoms with Gasteiger partial charge in [-0.1, -0.05) is 0 Å². The molecule has 0 radical (unpaired) electrons. The molecule has 0 bridgehead atoms. The first-order chi connectivity index (χ1) is 2.64. The molecule has 0 aromatic carbocycles. The van der Waals surface area contributed by atoms with Crippen LogP contribution in [0.3, 0.4) is 0 Å². The molecule has 0 aliphatic carbocycles. The summed E-state index contributed by atoms with van der Waals surface area (Å²) in [7, 11) is 0. The van der Waals surface area contributed by atoms with Crippen LogP contribution in [0.2, 0.25) is 0 Å². The lowest BCUT2D eigenvalue weighted by Crippen LogP contribution is -3.00. The van der Waals surface area contributed by atoms with Gasteiger partial charge < -0.3 is 23.2 Å². The second-order valence-corrected chi connectivity index (χ2v) is 1.13. The van der Waals surface area contributed by atoms with Crippen molar-refractivity contribution >= 4 is 5.97 Å². The number of nitrogens with two attached hydrogens (primary N) is 1. The lowest BCUT2D eigenvalue weighted by molar-refractivity contribution is -0.138. The summed E-state index contributed by atoms with van der Waals surface area (Å²) in [5, 5.41) is 7.87. The van der Waals surface area contributed by atoms with Crippen molar-refractivity contribution in [1.82, 2.24) is 0 Å². The van der Waals surface area contributed by atoms with Crippen molar-refractivity contribution in [2.24, 2.45) is 5.73 Å². The van der Waals surface area contributed by atoms with Crippen LogP contribution in [0.4, 0.5) is 0 Å². The average molecular weight is 126 g/mol. The van der Waals surface area contributed by atoms with E-state index in [0.29, 0.717) is 0 Å². The Morgan fingerprint density at radius 2 is 2.00 bits per heavy atom. The summed E-state index contributed by atoms with van der Waals surface area (Å²) in [6.07, 6.45) is 0. The summed E-state index contributed by atoms with van der Waals surface area (Å²) < 4.78 is 0. The predicted octanol–water partition coefficient (Wildman–Crippen LogP) is -3.58. The van der Waals surface area contributed by atoms with Crippen molar-refractivity contribution in [3.05, 3.63) is 0 Å². The zero-order chi connectivity index (χ0) is 5.15. The molecule has 1 atom stereocenters. The molecule has 44 valence electrons. The Kier molecular flexibility index (Phi) is 5.49. The van der Waals surface area contributed by atoms with Crippen molar-refractivity contribution < 1.29 is 22.3 Å². The van der Waals surface area contributed by atoms with E-state index in [1.165, 1.54) is 6.92 Å². The summed E-state index contributed by atoms with van der Waals surface area (Å²) in [4.78, 5) is 9.57. The molecule has 0 fully saturated rings. The molecule has 4 heteroatoms. The number of carboxylic acids is 1. The number of hydrogen-bond donors (Lipinski definition) is 2. The Morgan fingerprint density at radius 3 is 2.00 bits per heavy atom. The maximum atomic E-state index is 9.57. The van der Waals surface area contributed by atoms with E-state index in [-0.39, 0.29) is 12.4 Å². The second kappa shape index (κ2) is 3.89. The Balaban J connectivity index is 0. The molecular weight excluding hydrogens is 118 g/mol. The largest absolute Gasteiger partial charge is 1.00 e. The van der Waals surface area contributed by atoms with Gasteiger partial charge in [-0.25, -0.2) is 0 Å². The zero-order valence-electron chi connectivity index (χ0n) is 3.89. The van der Waals surface area contributed by atoms with Gasteiger partial charge in [0, 0.05) is 0 Å². The fourth-order valence-electron chi connectivity index (χ4n) is 0. The molecule has 0 aromatic heterocycles. The molecule has 3 nitrogen and oxygen atoms in total. The maximum Gasteiger partial charge on any atom is 0.320 e. The van der Waals surface area contributed by atoms with Crippen LogP contribution < -0.4 is 18.1 Å². The third-order valence-electron chi connectivity index (χ3n) is 0.390. The summed E-state index contributed by atoms with van der Waals surface area (Å²) in [5.74, 6) is -0.963. The first-order valence-electron chi connectivity index (χ1n) is 1.63. The Bertz CT molecular complexity index is 64.0. The van der Waals surface area contributed by atoms with E-state index in [1.807, 2.05) is 0 Å². The van der Waals surface area contributed by atoms with E-state index in [1.54, 1.807) is 0 Å². The topological polar surface area (TPSA) is 63.3 Å². The number of carbonyl (C=O) groups is 1. The SMILES string of the molecule is CC(N)[13C](=O)O.[Cl-]. The molecule has 1 unspecified atom stereocenters. The average Bonchev–Trinajstić information content (AvgIpc) is 1.36. The number of halogens is 1. The summed E-state index contributed by atoms with van der Waals surface area (Å²) in [6, 6.07) is -0.731. The molecule has 0 rings (SSSR count). The number of aliphatic carboxylic acids is 1. The van der Waals surface area contributed by atoms with Crippen LogP contribution >= 0.6 is 0 Å². The van der Waals surface area contributed by atoms with Crippen molar-refractivity contribution in [2.45, 2.75) is 13.0 Å². The van der Waals surface area contributed by atoms with Gasteiger partial charge in [-0.3, -0.25) is 4.79 Å². The molecule has 0 aliphatic heterocycles. The van der Waals surface area contributed by atoms with E-state index < -0.39 is 12.0 Å². The fourth-order valence-corrected chi connectivity index (χ4v) is 0. The van der Waals surface area contributed by atoms with E-state index in [4.69, 9.17) is 10.8 Å². The van der Waals surface area contributed by atoms with Crippen LogP contribution in [0.15, 0.2) is 0 Å². The number of rotatable bonds is 1. The van der Waals surface area contributed by atoms with E-state index >= 15 is 0 Å². The fraction of sp³-hybridized carbons (Fsp3) is 0.667. The second-order valence-electron chi connectivity index (χ2n) is 1.13. The van der Waals surface area contributed by atoms with Crippen LogP contribution in [0.1, 0.15) is 6.92 Å². The first-order valence-corrected chi connectivity index (χ1v) is 1.63. The highest BCUT2D eigenvalue weighted by atomic mass is 35.5. The zero-order valence-corrected chi connectivity index (χ0v) is 4.64. The number of carboxylic acid groups (broad SMARTS) is 1. The Labute approximate surface area is 47.9 Å². The van der Waals surface area contributed by atoms with Gasteiger partial charge in [-0.2, -0.15) is 0 Å². The van der Waals surface area contributed by atoms with Gasteiger partial charge in [0.15, 0.2) is 0 Å². The minimum atomic E-state index is -0.963. The van der Waals surface area contributed by atoms with Gasteiger partial charge in [0.1, 0.15) is 6.04 Å². The van der Waals surface area contributed by atoms with Crippen molar-refractivity contribution in [1.29, 1.82) is 0 Å². The smallest absolute Gasteiger partial charge is 0.320 e. The molecule has 0 heterocycles. The maximum absolute atomic E-state index is 9.57.